The molecular weight excluding hydrogens is 184 g/mol. The van der Waals surface area contributed by atoms with E-state index in [0.717, 1.165) is 6.54 Å². The van der Waals surface area contributed by atoms with Gasteiger partial charge in [-0.15, -0.1) is 0 Å². The molecule has 1 aromatic carbocycles. The maximum Gasteiger partial charge on any atom is 0.0180 e. The third-order valence-electron chi connectivity index (χ3n) is 3.29. The molecule has 0 radical (unpaired) electrons. The standard InChI is InChI=1S/C13H20N2/c14-10-12-4-1-2-6-13(12)11-5-3-8-15-9-7-11/h1-2,4,6,11,15H,3,5,7-10,14H2. The van der Waals surface area contributed by atoms with E-state index in [4.69, 9.17) is 5.73 Å². The summed E-state index contributed by atoms with van der Waals surface area (Å²) in [5, 5.41) is 3.45. The van der Waals surface area contributed by atoms with Crippen LogP contribution in [0.1, 0.15) is 36.3 Å². The van der Waals surface area contributed by atoms with E-state index in [1.54, 1.807) is 0 Å². The van der Waals surface area contributed by atoms with E-state index in [2.05, 4.69) is 29.6 Å². The van der Waals surface area contributed by atoms with Crippen molar-refractivity contribution in [2.24, 2.45) is 5.73 Å². The number of benzene rings is 1. The normalized spacial score (nSPS) is 22.3. The Balaban J connectivity index is 2.18. The summed E-state index contributed by atoms with van der Waals surface area (Å²) >= 11 is 0. The molecule has 2 heteroatoms. The molecule has 1 saturated heterocycles. The lowest BCUT2D eigenvalue weighted by molar-refractivity contribution is 0.604. The van der Waals surface area contributed by atoms with Crippen molar-refractivity contribution >= 4 is 0 Å². The number of nitrogens with one attached hydrogen (secondary N) is 1. The van der Waals surface area contributed by atoms with Gasteiger partial charge in [-0.2, -0.15) is 0 Å². The second-order valence-electron chi connectivity index (χ2n) is 4.28. The third-order valence-corrected chi connectivity index (χ3v) is 3.29. The van der Waals surface area contributed by atoms with E-state index in [9.17, 15) is 0 Å². The summed E-state index contributed by atoms with van der Waals surface area (Å²) in [6.45, 7) is 2.98. The molecule has 2 rings (SSSR count). The zero-order chi connectivity index (χ0) is 10.5. The Hall–Kier alpha value is -0.860. The lowest BCUT2D eigenvalue weighted by Gasteiger charge is -2.17. The summed E-state index contributed by atoms with van der Waals surface area (Å²) in [4.78, 5) is 0. The van der Waals surface area contributed by atoms with Crippen LogP contribution in [0.5, 0.6) is 0 Å². The maximum absolute atomic E-state index is 5.78. The van der Waals surface area contributed by atoms with E-state index >= 15 is 0 Å². The van der Waals surface area contributed by atoms with E-state index in [1.807, 2.05) is 0 Å². The van der Waals surface area contributed by atoms with E-state index < -0.39 is 0 Å². The Morgan fingerprint density at radius 2 is 2.07 bits per heavy atom. The number of rotatable bonds is 2. The van der Waals surface area contributed by atoms with Crippen LogP contribution >= 0.6 is 0 Å². The first kappa shape index (κ1) is 10.7. The quantitative estimate of drug-likeness (QED) is 0.773. The van der Waals surface area contributed by atoms with Crippen molar-refractivity contribution in [3.05, 3.63) is 35.4 Å². The number of hydrogen-bond acceptors (Lipinski definition) is 2. The molecule has 1 aliphatic rings. The SMILES string of the molecule is NCc1ccccc1C1CCCNCC1. The minimum atomic E-state index is 0.667. The predicted octanol–water partition coefficient (Wildman–Crippen LogP) is 2.00. The molecule has 0 aromatic heterocycles. The van der Waals surface area contributed by atoms with E-state index in [0.29, 0.717) is 12.5 Å². The minimum absolute atomic E-state index is 0.667. The molecule has 0 saturated carbocycles. The van der Waals surface area contributed by atoms with Crippen molar-refractivity contribution in [2.45, 2.75) is 31.7 Å². The van der Waals surface area contributed by atoms with Crippen LogP contribution in [-0.2, 0) is 6.54 Å². The molecule has 0 spiro atoms. The molecular formula is C13H20N2. The highest BCUT2D eigenvalue weighted by atomic mass is 14.8. The van der Waals surface area contributed by atoms with Gasteiger partial charge in [0.25, 0.3) is 0 Å². The molecule has 0 amide bonds. The molecule has 3 N–H and O–H groups in total. The summed E-state index contributed by atoms with van der Waals surface area (Å²) in [5.74, 6) is 0.708. The monoisotopic (exact) mass is 204 g/mol. The summed E-state index contributed by atoms with van der Waals surface area (Å²) in [5.41, 5.74) is 8.58. The van der Waals surface area contributed by atoms with Gasteiger partial charge in [-0.1, -0.05) is 24.3 Å². The largest absolute Gasteiger partial charge is 0.326 e. The van der Waals surface area contributed by atoms with E-state index in [-0.39, 0.29) is 0 Å². The lowest BCUT2D eigenvalue weighted by atomic mass is 9.88. The van der Waals surface area contributed by atoms with E-state index in [1.165, 1.54) is 36.9 Å². The van der Waals surface area contributed by atoms with Crippen molar-refractivity contribution in [1.82, 2.24) is 5.32 Å². The number of hydrogen-bond donors (Lipinski definition) is 2. The Morgan fingerprint density at radius 1 is 1.20 bits per heavy atom. The Morgan fingerprint density at radius 3 is 2.93 bits per heavy atom. The highest BCUT2D eigenvalue weighted by molar-refractivity contribution is 5.30. The van der Waals surface area contributed by atoms with Gasteiger partial charge in [-0.05, 0) is 49.4 Å². The molecule has 0 bridgehead atoms. The Kier molecular flexibility index (Phi) is 3.75. The summed E-state index contributed by atoms with van der Waals surface area (Å²) in [6.07, 6.45) is 3.82. The highest BCUT2D eigenvalue weighted by Gasteiger charge is 2.15. The average molecular weight is 204 g/mol. The topological polar surface area (TPSA) is 38.0 Å². The van der Waals surface area contributed by atoms with Crippen LogP contribution < -0.4 is 11.1 Å². The minimum Gasteiger partial charge on any atom is -0.326 e. The molecule has 1 heterocycles. The predicted molar refractivity (Wildman–Crippen MR) is 63.8 cm³/mol. The molecule has 15 heavy (non-hydrogen) atoms. The van der Waals surface area contributed by atoms with Crippen LogP contribution in [0.3, 0.4) is 0 Å². The maximum atomic E-state index is 5.78. The zero-order valence-corrected chi connectivity index (χ0v) is 9.21. The molecule has 1 aliphatic heterocycles. The third kappa shape index (κ3) is 2.58. The van der Waals surface area contributed by atoms with Gasteiger partial charge in [0, 0.05) is 6.54 Å². The van der Waals surface area contributed by atoms with Gasteiger partial charge >= 0.3 is 0 Å². The van der Waals surface area contributed by atoms with Crippen molar-refractivity contribution in [3.8, 4) is 0 Å². The lowest BCUT2D eigenvalue weighted by Crippen LogP contribution is -2.14. The first-order chi connectivity index (χ1) is 7.42. The number of nitrogens with two attached hydrogens (primary N) is 1. The van der Waals surface area contributed by atoms with Crippen LogP contribution in [0.2, 0.25) is 0 Å². The summed E-state index contributed by atoms with van der Waals surface area (Å²) < 4.78 is 0. The smallest absolute Gasteiger partial charge is 0.0180 e. The van der Waals surface area contributed by atoms with Gasteiger partial charge < -0.3 is 11.1 Å². The van der Waals surface area contributed by atoms with Crippen LogP contribution in [0.25, 0.3) is 0 Å². The second kappa shape index (κ2) is 5.29. The van der Waals surface area contributed by atoms with Crippen LogP contribution in [0.15, 0.2) is 24.3 Å². The summed E-state index contributed by atoms with van der Waals surface area (Å²) in [6, 6.07) is 8.62. The molecule has 82 valence electrons. The fourth-order valence-corrected chi connectivity index (χ4v) is 2.45. The Bertz CT molecular complexity index is 301. The molecule has 1 unspecified atom stereocenters. The summed E-state index contributed by atoms with van der Waals surface area (Å²) in [7, 11) is 0. The molecule has 2 nitrogen and oxygen atoms in total. The van der Waals surface area contributed by atoms with Gasteiger partial charge in [-0.25, -0.2) is 0 Å². The zero-order valence-electron chi connectivity index (χ0n) is 9.21. The van der Waals surface area contributed by atoms with Crippen LogP contribution in [0, 0.1) is 0 Å². The van der Waals surface area contributed by atoms with Gasteiger partial charge in [0.15, 0.2) is 0 Å². The van der Waals surface area contributed by atoms with Crippen LogP contribution in [-0.4, -0.2) is 13.1 Å². The van der Waals surface area contributed by atoms with Gasteiger partial charge in [0.1, 0.15) is 0 Å². The highest BCUT2D eigenvalue weighted by Crippen LogP contribution is 2.28. The Labute approximate surface area is 91.9 Å². The van der Waals surface area contributed by atoms with Gasteiger partial charge in [-0.3, -0.25) is 0 Å². The first-order valence-corrected chi connectivity index (χ1v) is 5.90. The van der Waals surface area contributed by atoms with Crippen LogP contribution in [0.4, 0.5) is 0 Å². The van der Waals surface area contributed by atoms with Gasteiger partial charge in [0.05, 0.1) is 0 Å². The molecule has 1 atom stereocenters. The molecule has 1 fully saturated rings. The second-order valence-corrected chi connectivity index (χ2v) is 4.28. The van der Waals surface area contributed by atoms with Crippen molar-refractivity contribution < 1.29 is 0 Å². The fourth-order valence-electron chi connectivity index (χ4n) is 2.45. The van der Waals surface area contributed by atoms with Crippen molar-refractivity contribution in [2.75, 3.05) is 13.1 Å². The van der Waals surface area contributed by atoms with Gasteiger partial charge in [0.2, 0.25) is 0 Å². The van der Waals surface area contributed by atoms with Crippen molar-refractivity contribution in [1.29, 1.82) is 0 Å². The first-order valence-electron chi connectivity index (χ1n) is 5.90. The molecule has 0 aliphatic carbocycles. The fraction of sp³-hybridized carbons (Fsp3) is 0.538. The average Bonchev–Trinajstić information content (AvgIpc) is 2.57. The van der Waals surface area contributed by atoms with Crippen molar-refractivity contribution in [3.63, 3.8) is 0 Å². The molecule has 1 aromatic rings.